The minimum atomic E-state index is -3.55. The molecular formula is C21H27N3O4S2. The van der Waals surface area contributed by atoms with E-state index >= 15 is 0 Å². The normalized spacial score (nSPS) is 17.6. The van der Waals surface area contributed by atoms with E-state index in [4.69, 9.17) is 0 Å². The lowest BCUT2D eigenvalue weighted by Crippen LogP contribution is -2.43. The summed E-state index contributed by atoms with van der Waals surface area (Å²) in [5.74, 6) is -0.632. The van der Waals surface area contributed by atoms with E-state index in [9.17, 15) is 18.0 Å². The smallest absolute Gasteiger partial charge is 0.252 e. The summed E-state index contributed by atoms with van der Waals surface area (Å²) in [5, 5.41) is 7.45. The Morgan fingerprint density at radius 2 is 1.93 bits per heavy atom. The molecule has 1 unspecified atom stereocenters. The van der Waals surface area contributed by atoms with E-state index in [1.165, 1.54) is 15.6 Å². The molecule has 0 spiro atoms. The third-order valence-corrected chi connectivity index (χ3v) is 8.12. The van der Waals surface area contributed by atoms with Crippen molar-refractivity contribution in [2.24, 2.45) is 5.92 Å². The maximum Gasteiger partial charge on any atom is 0.252 e. The number of rotatable bonds is 7. The second-order valence-electron chi connectivity index (χ2n) is 7.72. The number of amides is 2. The van der Waals surface area contributed by atoms with Gasteiger partial charge in [-0.25, -0.2) is 8.42 Å². The quantitative estimate of drug-likeness (QED) is 0.679. The topological polar surface area (TPSA) is 95.6 Å². The van der Waals surface area contributed by atoms with Gasteiger partial charge in [0.15, 0.2) is 0 Å². The van der Waals surface area contributed by atoms with Crippen LogP contribution < -0.4 is 10.6 Å². The lowest BCUT2D eigenvalue weighted by molar-refractivity contribution is -0.121. The number of sulfonamides is 1. The third kappa shape index (κ3) is 5.68. The van der Waals surface area contributed by atoms with E-state index in [1.54, 1.807) is 29.6 Å². The van der Waals surface area contributed by atoms with Gasteiger partial charge in [-0.15, -0.1) is 11.3 Å². The van der Waals surface area contributed by atoms with Crippen molar-refractivity contribution in [3.63, 3.8) is 0 Å². The molecule has 30 heavy (non-hydrogen) atoms. The van der Waals surface area contributed by atoms with Crippen LogP contribution in [0.25, 0.3) is 0 Å². The number of carbonyl (C=O) groups excluding carboxylic acids is 2. The van der Waals surface area contributed by atoms with E-state index in [0.717, 1.165) is 5.56 Å². The van der Waals surface area contributed by atoms with Crippen LogP contribution in [0.15, 0.2) is 46.0 Å². The highest BCUT2D eigenvalue weighted by Gasteiger charge is 2.33. The number of anilines is 1. The first-order chi connectivity index (χ1) is 14.3. The van der Waals surface area contributed by atoms with Crippen LogP contribution in [0, 0.1) is 5.92 Å². The van der Waals surface area contributed by atoms with Crippen molar-refractivity contribution in [1.29, 1.82) is 0 Å². The largest absolute Gasteiger partial charge is 0.354 e. The highest BCUT2D eigenvalue weighted by atomic mass is 32.2. The molecule has 3 rings (SSSR count). The van der Waals surface area contributed by atoms with Gasteiger partial charge in [0.2, 0.25) is 11.8 Å². The molecule has 1 aromatic carbocycles. The molecule has 1 saturated heterocycles. The number of nitrogens with zero attached hydrogens (tertiary/aromatic N) is 1. The molecule has 7 nitrogen and oxygen atoms in total. The number of carbonyl (C=O) groups is 2. The van der Waals surface area contributed by atoms with Gasteiger partial charge in [-0.2, -0.15) is 4.31 Å². The molecule has 2 aromatic rings. The van der Waals surface area contributed by atoms with Crippen molar-refractivity contribution in [2.75, 3.05) is 18.4 Å². The third-order valence-electron chi connectivity index (χ3n) is 4.88. The summed E-state index contributed by atoms with van der Waals surface area (Å²) in [6.07, 6.45) is 1.58. The molecule has 1 aliphatic heterocycles. The van der Waals surface area contributed by atoms with Gasteiger partial charge in [-0.05, 0) is 55.8 Å². The first-order valence-corrected chi connectivity index (χ1v) is 12.3. The number of hydrogen-bond donors (Lipinski definition) is 2. The van der Waals surface area contributed by atoms with Gasteiger partial charge < -0.3 is 10.6 Å². The summed E-state index contributed by atoms with van der Waals surface area (Å²) in [6.45, 7) is 4.43. The van der Waals surface area contributed by atoms with Crippen LogP contribution in [0.1, 0.15) is 32.3 Å². The number of hydrogen-bond acceptors (Lipinski definition) is 5. The number of benzene rings is 1. The van der Waals surface area contributed by atoms with Crippen LogP contribution in [0.3, 0.4) is 0 Å². The fourth-order valence-corrected chi connectivity index (χ4v) is 6.09. The molecule has 1 aliphatic rings. The Kier molecular flexibility index (Phi) is 7.27. The first kappa shape index (κ1) is 22.5. The van der Waals surface area contributed by atoms with Crippen molar-refractivity contribution >= 4 is 38.9 Å². The predicted molar refractivity (Wildman–Crippen MR) is 118 cm³/mol. The average molecular weight is 450 g/mol. The molecular weight excluding hydrogens is 422 g/mol. The summed E-state index contributed by atoms with van der Waals surface area (Å²) in [6, 6.07) is 10.5. The van der Waals surface area contributed by atoms with Crippen molar-refractivity contribution in [3.05, 3.63) is 47.3 Å². The Morgan fingerprint density at radius 3 is 2.57 bits per heavy atom. The summed E-state index contributed by atoms with van der Waals surface area (Å²) < 4.78 is 27.2. The van der Waals surface area contributed by atoms with Crippen LogP contribution in [0.5, 0.6) is 0 Å². The molecule has 2 heterocycles. The van der Waals surface area contributed by atoms with Crippen molar-refractivity contribution in [1.82, 2.24) is 9.62 Å². The molecule has 0 bridgehead atoms. The van der Waals surface area contributed by atoms with Crippen molar-refractivity contribution < 1.29 is 18.0 Å². The minimum Gasteiger partial charge on any atom is -0.354 e. The SMILES string of the molecule is CC(C)NC(=O)Cc1ccc(NC(=O)C2CCCN(S(=O)(=O)c3cccs3)C2)cc1. The van der Waals surface area contributed by atoms with Crippen molar-refractivity contribution in [2.45, 2.75) is 43.4 Å². The molecule has 0 aliphatic carbocycles. The zero-order chi connectivity index (χ0) is 21.7. The minimum absolute atomic E-state index is 0.0453. The zero-order valence-electron chi connectivity index (χ0n) is 17.1. The van der Waals surface area contributed by atoms with E-state index in [0.29, 0.717) is 29.3 Å². The van der Waals surface area contributed by atoms with E-state index in [2.05, 4.69) is 10.6 Å². The monoisotopic (exact) mass is 449 g/mol. The van der Waals surface area contributed by atoms with E-state index in [1.807, 2.05) is 26.0 Å². The maximum absolute atomic E-state index is 12.7. The van der Waals surface area contributed by atoms with Gasteiger partial charge in [-0.3, -0.25) is 9.59 Å². The van der Waals surface area contributed by atoms with Crippen LogP contribution in [-0.4, -0.2) is 43.7 Å². The highest BCUT2D eigenvalue weighted by molar-refractivity contribution is 7.91. The second kappa shape index (κ2) is 9.72. The predicted octanol–water partition coefficient (Wildman–Crippen LogP) is 2.85. The first-order valence-electron chi connectivity index (χ1n) is 9.98. The molecule has 2 N–H and O–H groups in total. The van der Waals surface area contributed by atoms with Crippen LogP contribution in [0.2, 0.25) is 0 Å². The molecule has 9 heteroatoms. The molecule has 2 amide bonds. The fourth-order valence-electron chi connectivity index (χ4n) is 3.42. The number of nitrogens with one attached hydrogen (secondary N) is 2. The number of piperidine rings is 1. The molecule has 0 radical (unpaired) electrons. The highest BCUT2D eigenvalue weighted by Crippen LogP contribution is 2.27. The lowest BCUT2D eigenvalue weighted by Gasteiger charge is -2.30. The zero-order valence-corrected chi connectivity index (χ0v) is 18.8. The van der Waals surface area contributed by atoms with E-state index < -0.39 is 15.9 Å². The fraction of sp³-hybridized carbons (Fsp3) is 0.429. The Bertz CT molecular complexity index is 970. The maximum atomic E-state index is 12.7. The summed E-state index contributed by atoms with van der Waals surface area (Å²) in [5.41, 5.74) is 1.49. The van der Waals surface area contributed by atoms with Crippen LogP contribution in [0.4, 0.5) is 5.69 Å². The van der Waals surface area contributed by atoms with Gasteiger partial charge in [0, 0.05) is 24.8 Å². The molecule has 1 aromatic heterocycles. The van der Waals surface area contributed by atoms with Gasteiger partial charge in [-0.1, -0.05) is 18.2 Å². The average Bonchev–Trinajstić information content (AvgIpc) is 3.25. The standard InChI is InChI=1S/C21H27N3O4S2/c1-15(2)22-19(25)13-16-7-9-18(10-8-16)23-21(26)17-5-3-11-24(14-17)30(27,28)20-6-4-12-29-20/h4,6-10,12,15,17H,3,5,11,13-14H2,1-2H3,(H,22,25)(H,23,26). The molecule has 0 saturated carbocycles. The second-order valence-corrected chi connectivity index (χ2v) is 10.8. The Morgan fingerprint density at radius 1 is 1.20 bits per heavy atom. The summed E-state index contributed by atoms with van der Waals surface area (Å²) >= 11 is 1.19. The molecule has 1 fully saturated rings. The Balaban J connectivity index is 1.58. The Hall–Kier alpha value is -2.23. The molecule has 162 valence electrons. The Labute approximate surface area is 181 Å². The van der Waals surface area contributed by atoms with Gasteiger partial charge in [0.05, 0.1) is 12.3 Å². The molecule has 1 atom stereocenters. The van der Waals surface area contributed by atoms with Crippen molar-refractivity contribution in [3.8, 4) is 0 Å². The van der Waals surface area contributed by atoms with Gasteiger partial charge in [0.25, 0.3) is 10.0 Å². The van der Waals surface area contributed by atoms with Gasteiger partial charge in [0.1, 0.15) is 4.21 Å². The van der Waals surface area contributed by atoms with Crippen LogP contribution >= 0.6 is 11.3 Å². The lowest BCUT2D eigenvalue weighted by atomic mass is 9.98. The summed E-state index contributed by atoms with van der Waals surface area (Å²) in [4.78, 5) is 24.6. The van der Waals surface area contributed by atoms with Gasteiger partial charge >= 0.3 is 0 Å². The van der Waals surface area contributed by atoms with Crippen LogP contribution in [-0.2, 0) is 26.0 Å². The van der Waals surface area contributed by atoms with E-state index in [-0.39, 0.29) is 30.8 Å². The number of thiophene rings is 1. The summed E-state index contributed by atoms with van der Waals surface area (Å²) in [7, 11) is -3.55.